The number of amides is 1. The third-order valence-electron chi connectivity index (χ3n) is 4.12. The Morgan fingerprint density at radius 3 is 2.15 bits per heavy atom. The van der Waals surface area contributed by atoms with Crippen molar-refractivity contribution in [2.45, 2.75) is 37.4 Å². The summed E-state index contributed by atoms with van der Waals surface area (Å²) in [4.78, 5) is 22.5. The molecule has 0 aliphatic carbocycles. The molecule has 0 saturated heterocycles. The van der Waals surface area contributed by atoms with E-state index in [9.17, 15) is 36.5 Å². The van der Waals surface area contributed by atoms with E-state index in [0.717, 1.165) is 30.3 Å². The van der Waals surface area contributed by atoms with Crippen LogP contribution in [0.25, 0.3) is 0 Å². The number of nitrogens with zero attached hydrogens (tertiary/aromatic N) is 1. The van der Waals surface area contributed by atoms with Crippen LogP contribution in [0.5, 0.6) is 0 Å². The number of alkyl halides is 3. The highest BCUT2D eigenvalue weighted by atomic mass is 32.2. The number of halogens is 3. The number of hydrogen-bond donors (Lipinski definition) is 3. The van der Waals surface area contributed by atoms with E-state index < -0.39 is 43.8 Å². The fraction of sp³-hybridized carbons (Fsp3) is 0.350. The number of hydrogen-bond acceptors (Lipinski definition) is 6. The van der Waals surface area contributed by atoms with Crippen molar-refractivity contribution in [3.05, 3.63) is 63.7 Å². The SMILES string of the molecule is CC(C)(C)NS(=O)(=O)c1ccc(NCCNC(=O)c2ccc(C(F)(F)F)cc2)c([N+](=O)[O-])c1. The van der Waals surface area contributed by atoms with Crippen molar-refractivity contribution in [2.75, 3.05) is 18.4 Å². The molecule has 2 rings (SSSR count). The molecule has 0 aliphatic rings. The molecule has 0 bridgehead atoms. The summed E-state index contributed by atoms with van der Waals surface area (Å²) in [6.45, 7) is 4.94. The molecular weight excluding hydrogens is 465 g/mol. The van der Waals surface area contributed by atoms with Gasteiger partial charge in [0.15, 0.2) is 0 Å². The van der Waals surface area contributed by atoms with Crippen molar-refractivity contribution in [1.29, 1.82) is 0 Å². The molecule has 0 spiro atoms. The summed E-state index contributed by atoms with van der Waals surface area (Å²) in [6.07, 6.45) is -4.51. The molecule has 13 heteroatoms. The van der Waals surface area contributed by atoms with Crippen molar-refractivity contribution in [1.82, 2.24) is 10.0 Å². The van der Waals surface area contributed by atoms with Gasteiger partial charge in [0.1, 0.15) is 5.69 Å². The third kappa shape index (κ3) is 7.43. The average molecular weight is 488 g/mol. The first-order valence-corrected chi connectivity index (χ1v) is 11.1. The van der Waals surface area contributed by atoms with E-state index in [0.29, 0.717) is 0 Å². The van der Waals surface area contributed by atoms with Gasteiger partial charge in [0, 0.05) is 30.3 Å². The molecule has 0 atom stereocenters. The van der Waals surface area contributed by atoms with E-state index in [1.807, 2.05) is 0 Å². The summed E-state index contributed by atoms with van der Waals surface area (Å²) in [5.41, 5.74) is -2.07. The van der Waals surface area contributed by atoms with Crippen molar-refractivity contribution in [3.8, 4) is 0 Å². The van der Waals surface area contributed by atoms with Crippen molar-refractivity contribution >= 4 is 27.3 Å². The van der Waals surface area contributed by atoms with E-state index in [1.165, 1.54) is 12.1 Å². The molecule has 0 fully saturated rings. The fourth-order valence-corrected chi connectivity index (χ4v) is 4.17. The van der Waals surface area contributed by atoms with E-state index in [2.05, 4.69) is 15.4 Å². The second kappa shape index (κ2) is 9.75. The Bertz CT molecular complexity index is 1130. The van der Waals surface area contributed by atoms with Gasteiger partial charge in [-0.2, -0.15) is 13.2 Å². The minimum Gasteiger partial charge on any atom is -0.378 e. The lowest BCUT2D eigenvalue weighted by Gasteiger charge is -2.20. The maximum absolute atomic E-state index is 12.6. The van der Waals surface area contributed by atoms with Gasteiger partial charge in [-0.25, -0.2) is 13.1 Å². The Balaban J connectivity index is 2.02. The van der Waals surface area contributed by atoms with E-state index in [4.69, 9.17) is 0 Å². The summed E-state index contributed by atoms with van der Waals surface area (Å²) in [7, 11) is -3.98. The first-order valence-electron chi connectivity index (χ1n) is 9.62. The largest absolute Gasteiger partial charge is 0.416 e. The lowest BCUT2D eigenvalue weighted by atomic mass is 10.1. The van der Waals surface area contributed by atoms with Crippen LogP contribution in [0.15, 0.2) is 47.4 Å². The standard InChI is InChI=1S/C20H23F3N4O5S/c1-19(2,3)26-33(31,32)15-8-9-16(17(12-15)27(29)30)24-10-11-25-18(28)13-4-6-14(7-5-13)20(21,22)23/h4-9,12,24,26H,10-11H2,1-3H3,(H,25,28). The lowest BCUT2D eigenvalue weighted by molar-refractivity contribution is -0.384. The normalized spacial score (nSPS) is 12.3. The molecule has 2 aromatic rings. The van der Waals surface area contributed by atoms with Crippen molar-refractivity contribution in [3.63, 3.8) is 0 Å². The lowest BCUT2D eigenvalue weighted by Crippen LogP contribution is -2.40. The topological polar surface area (TPSA) is 130 Å². The van der Waals surface area contributed by atoms with Gasteiger partial charge in [-0.15, -0.1) is 0 Å². The number of nitro groups is 1. The smallest absolute Gasteiger partial charge is 0.378 e. The molecule has 33 heavy (non-hydrogen) atoms. The zero-order valence-corrected chi connectivity index (χ0v) is 18.8. The van der Waals surface area contributed by atoms with E-state index in [-0.39, 0.29) is 29.2 Å². The molecule has 0 aliphatic heterocycles. The second-order valence-corrected chi connectivity index (χ2v) is 9.73. The van der Waals surface area contributed by atoms with Gasteiger partial charge < -0.3 is 10.6 Å². The van der Waals surface area contributed by atoms with E-state index in [1.54, 1.807) is 20.8 Å². The molecule has 9 nitrogen and oxygen atoms in total. The highest BCUT2D eigenvalue weighted by Crippen LogP contribution is 2.29. The number of anilines is 1. The molecule has 1 amide bonds. The number of rotatable bonds is 8. The summed E-state index contributed by atoms with van der Waals surface area (Å²) in [6, 6.07) is 7.05. The van der Waals surface area contributed by atoms with Crippen molar-refractivity contribution < 1.29 is 31.3 Å². The van der Waals surface area contributed by atoms with Crippen LogP contribution in [0.1, 0.15) is 36.7 Å². The Morgan fingerprint density at radius 1 is 1.03 bits per heavy atom. The minimum atomic E-state index is -4.51. The van der Waals surface area contributed by atoms with Crippen LogP contribution in [-0.2, 0) is 16.2 Å². The second-order valence-electron chi connectivity index (χ2n) is 8.05. The monoisotopic (exact) mass is 488 g/mol. The molecule has 0 aromatic heterocycles. The van der Waals surface area contributed by atoms with Gasteiger partial charge >= 0.3 is 6.18 Å². The first kappa shape index (κ1) is 26.1. The van der Waals surface area contributed by atoms with Gasteiger partial charge in [0.2, 0.25) is 10.0 Å². The van der Waals surface area contributed by atoms with Crippen LogP contribution >= 0.6 is 0 Å². The zero-order chi connectivity index (χ0) is 25.0. The van der Waals surface area contributed by atoms with Gasteiger partial charge in [-0.3, -0.25) is 14.9 Å². The highest BCUT2D eigenvalue weighted by Gasteiger charge is 2.30. The predicted octanol–water partition coefficient (Wildman–Crippen LogP) is 3.53. The van der Waals surface area contributed by atoms with Crippen LogP contribution < -0.4 is 15.4 Å². The number of nitro benzene ring substituents is 1. The van der Waals surface area contributed by atoms with Gasteiger partial charge in [0.05, 0.1) is 15.4 Å². The Morgan fingerprint density at radius 2 is 1.64 bits per heavy atom. The number of benzene rings is 2. The Kier molecular flexibility index (Phi) is 7.70. The fourth-order valence-electron chi connectivity index (χ4n) is 2.73. The minimum absolute atomic E-state index is 0.00262. The maximum atomic E-state index is 12.6. The number of carbonyl (C=O) groups is 1. The van der Waals surface area contributed by atoms with Gasteiger partial charge in [-0.1, -0.05) is 0 Å². The van der Waals surface area contributed by atoms with Crippen LogP contribution in [0, 0.1) is 10.1 Å². The summed E-state index contributed by atoms with van der Waals surface area (Å²) in [5, 5.41) is 16.6. The quantitative estimate of drug-likeness (QED) is 0.296. The molecule has 0 saturated carbocycles. The number of nitrogens with one attached hydrogen (secondary N) is 3. The van der Waals surface area contributed by atoms with Crippen molar-refractivity contribution in [2.24, 2.45) is 0 Å². The molecule has 3 N–H and O–H groups in total. The van der Waals surface area contributed by atoms with Crippen LogP contribution in [0.4, 0.5) is 24.5 Å². The average Bonchev–Trinajstić information content (AvgIpc) is 2.68. The first-order chi connectivity index (χ1) is 15.1. The molecular formula is C20H23F3N4O5S. The molecule has 2 aromatic carbocycles. The highest BCUT2D eigenvalue weighted by molar-refractivity contribution is 7.89. The molecule has 0 radical (unpaired) electrons. The maximum Gasteiger partial charge on any atom is 0.416 e. The molecule has 0 heterocycles. The van der Waals surface area contributed by atoms with Gasteiger partial charge in [0.25, 0.3) is 11.6 Å². The van der Waals surface area contributed by atoms with Gasteiger partial charge in [-0.05, 0) is 57.2 Å². The summed E-state index contributed by atoms with van der Waals surface area (Å²) < 4.78 is 65.0. The number of carbonyl (C=O) groups excluding carboxylic acids is 1. The molecule has 180 valence electrons. The van der Waals surface area contributed by atoms with Crippen LogP contribution in [0.2, 0.25) is 0 Å². The predicted molar refractivity (Wildman–Crippen MR) is 115 cm³/mol. The Labute approximate surface area is 188 Å². The number of sulfonamides is 1. The van der Waals surface area contributed by atoms with Crippen LogP contribution in [-0.4, -0.2) is 37.9 Å². The van der Waals surface area contributed by atoms with Crippen LogP contribution in [0.3, 0.4) is 0 Å². The van der Waals surface area contributed by atoms with E-state index >= 15 is 0 Å². The Hall–Kier alpha value is -3.19. The third-order valence-corrected chi connectivity index (χ3v) is 5.87. The zero-order valence-electron chi connectivity index (χ0n) is 18.0. The summed E-state index contributed by atoms with van der Waals surface area (Å²) >= 11 is 0. The summed E-state index contributed by atoms with van der Waals surface area (Å²) in [5.74, 6) is -0.616. The molecule has 0 unspecified atom stereocenters.